The summed E-state index contributed by atoms with van der Waals surface area (Å²) < 4.78 is 0. The van der Waals surface area contributed by atoms with Crippen molar-refractivity contribution >= 4 is 28.6 Å². The number of aliphatic carboxylic acids is 1. The first-order valence-electron chi connectivity index (χ1n) is 9.19. The van der Waals surface area contributed by atoms with Crippen molar-refractivity contribution in [2.24, 2.45) is 11.8 Å². The first-order chi connectivity index (χ1) is 12.5. The molecule has 2 N–H and O–H groups in total. The van der Waals surface area contributed by atoms with Gasteiger partial charge in [-0.05, 0) is 37.3 Å². The number of nitrogens with one attached hydrogen (secondary N) is 1. The summed E-state index contributed by atoms with van der Waals surface area (Å²) in [6.07, 6.45) is 2.74. The van der Waals surface area contributed by atoms with Gasteiger partial charge in [0.05, 0.1) is 17.0 Å². The van der Waals surface area contributed by atoms with Gasteiger partial charge >= 0.3 is 5.97 Å². The van der Waals surface area contributed by atoms with Crippen molar-refractivity contribution < 1.29 is 14.7 Å². The number of fused-ring (bicyclic) bond motifs is 1. The van der Waals surface area contributed by atoms with Crippen LogP contribution in [-0.4, -0.2) is 41.1 Å². The van der Waals surface area contributed by atoms with Crippen LogP contribution in [0.2, 0.25) is 0 Å². The fourth-order valence-corrected chi connectivity index (χ4v) is 3.72. The number of hydrogen-bond acceptors (Lipinski definition) is 4. The third-order valence-electron chi connectivity index (χ3n) is 5.19. The number of carbonyl (C=O) groups is 2. The van der Waals surface area contributed by atoms with Crippen molar-refractivity contribution in [3.8, 4) is 0 Å². The van der Waals surface area contributed by atoms with E-state index in [-0.39, 0.29) is 17.9 Å². The number of nitrogens with zero attached hydrogens (tertiary/aromatic N) is 2. The van der Waals surface area contributed by atoms with E-state index in [0.29, 0.717) is 24.3 Å². The van der Waals surface area contributed by atoms with Gasteiger partial charge in [0.25, 0.3) is 5.91 Å². The maximum absolute atomic E-state index is 12.7. The van der Waals surface area contributed by atoms with Gasteiger partial charge in [-0.3, -0.25) is 9.59 Å². The van der Waals surface area contributed by atoms with E-state index in [1.165, 1.54) is 0 Å². The molecule has 0 radical (unpaired) electrons. The van der Waals surface area contributed by atoms with Crippen molar-refractivity contribution in [2.45, 2.75) is 32.2 Å². The molecule has 1 saturated carbocycles. The lowest BCUT2D eigenvalue weighted by atomic mass is 9.90. The normalized spacial score (nSPS) is 23.0. The second-order valence-electron chi connectivity index (χ2n) is 7.57. The van der Waals surface area contributed by atoms with E-state index < -0.39 is 11.9 Å². The Hall–Kier alpha value is -2.63. The number of anilines is 1. The van der Waals surface area contributed by atoms with Gasteiger partial charge in [0.1, 0.15) is 5.82 Å². The van der Waals surface area contributed by atoms with Crippen LogP contribution < -0.4 is 10.2 Å². The number of piperidine rings is 1. The summed E-state index contributed by atoms with van der Waals surface area (Å²) in [6.45, 7) is 3.23. The maximum atomic E-state index is 12.7. The molecule has 26 heavy (non-hydrogen) atoms. The summed E-state index contributed by atoms with van der Waals surface area (Å²) in [4.78, 5) is 30.9. The highest BCUT2D eigenvalue weighted by Gasteiger charge is 2.31. The van der Waals surface area contributed by atoms with Crippen molar-refractivity contribution in [3.63, 3.8) is 0 Å². The van der Waals surface area contributed by atoms with Crippen molar-refractivity contribution in [2.75, 3.05) is 18.0 Å². The first kappa shape index (κ1) is 16.8. The highest BCUT2D eigenvalue weighted by atomic mass is 16.4. The predicted octanol–water partition coefficient (Wildman–Crippen LogP) is 2.67. The average molecular weight is 353 g/mol. The predicted molar refractivity (Wildman–Crippen MR) is 99.4 cm³/mol. The fraction of sp³-hybridized carbons (Fsp3) is 0.450. The van der Waals surface area contributed by atoms with Crippen molar-refractivity contribution in [3.05, 3.63) is 35.9 Å². The molecule has 1 aliphatic carbocycles. The number of carboxylic acid groups (broad SMARTS) is 1. The molecule has 1 aromatic carbocycles. The van der Waals surface area contributed by atoms with Gasteiger partial charge in [-0.15, -0.1) is 0 Å². The fourth-order valence-electron chi connectivity index (χ4n) is 3.72. The molecule has 1 aliphatic heterocycles. The van der Waals surface area contributed by atoms with Crippen LogP contribution in [0, 0.1) is 11.8 Å². The Morgan fingerprint density at radius 1 is 1.23 bits per heavy atom. The van der Waals surface area contributed by atoms with Crippen LogP contribution in [0.1, 0.15) is 36.5 Å². The minimum atomic E-state index is -0.769. The monoisotopic (exact) mass is 353 g/mol. The quantitative estimate of drug-likeness (QED) is 0.883. The summed E-state index contributed by atoms with van der Waals surface area (Å²) in [6, 6.07) is 9.71. The summed E-state index contributed by atoms with van der Waals surface area (Å²) in [5.74, 6) is -0.304. The number of para-hydroxylation sites is 1. The van der Waals surface area contributed by atoms with Crippen LogP contribution >= 0.6 is 0 Å². The van der Waals surface area contributed by atoms with E-state index in [2.05, 4.69) is 12.2 Å². The minimum Gasteiger partial charge on any atom is -0.481 e. The standard InChI is InChI=1S/C20H23N3O3/c1-12-8-13(20(25)26)11-23(10-12)18-9-16(19(24)21-14-6-7-14)15-4-2-3-5-17(15)22-18/h2-5,9,12-14H,6-8,10-11H2,1H3,(H,21,24)(H,25,26). The molecule has 2 atom stereocenters. The van der Waals surface area contributed by atoms with Gasteiger partial charge < -0.3 is 15.3 Å². The Morgan fingerprint density at radius 2 is 2.00 bits per heavy atom. The molecule has 1 saturated heterocycles. The summed E-state index contributed by atoms with van der Waals surface area (Å²) in [5, 5.41) is 13.3. The number of carboxylic acids is 1. The Balaban J connectivity index is 1.72. The number of amides is 1. The number of aromatic nitrogens is 1. The molecule has 2 heterocycles. The largest absolute Gasteiger partial charge is 0.481 e. The molecule has 6 nitrogen and oxygen atoms in total. The maximum Gasteiger partial charge on any atom is 0.308 e. The minimum absolute atomic E-state index is 0.0767. The Labute approximate surface area is 152 Å². The number of carbonyl (C=O) groups excluding carboxylic acids is 1. The smallest absolute Gasteiger partial charge is 0.308 e. The molecular weight excluding hydrogens is 330 g/mol. The Morgan fingerprint density at radius 3 is 2.73 bits per heavy atom. The number of pyridine rings is 1. The molecule has 1 aromatic heterocycles. The summed E-state index contributed by atoms with van der Waals surface area (Å²) >= 11 is 0. The third-order valence-corrected chi connectivity index (χ3v) is 5.19. The van der Waals surface area contributed by atoms with E-state index in [1.807, 2.05) is 35.2 Å². The summed E-state index contributed by atoms with van der Waals surface area (Å²) in [5.41, 5.74) is 1.37. The molecule has 2 fully saturated rings. The molecule has 2 aromatic rings. The van der Waals surface area contributed by atoms with Crippen molar-refractivity contribution in [1.82, 2.24) is 10.3 Å². The lowest BCUT2D eigenvalue weighted by molar-refractivity contribution is -0.142. The van der Waals surface area contributed by atoms with Crippen molar-refractivity contribution in [1.29, 1.82) is 0 Å². The number of rotatable bonds is 4. The summed E-state index contributed by atoms with van der Waals surface area (Å²) in [7, 11) is 0. The Bertz CT molecular complexity index is 863. The average Bonchev–Trinajstić information content (AvgIpc) is 3.44. The van der Waals surface area contributed by atoms with E-state index in [4.69, 9.17) is 4.98 Å². The Kier molecular flexibility index (Phi) is 4.26. The van der Waals surface area contributed by atoms with Crippen LogP contribution in [0.25, 0.3) is 10.9 Å². The van der Waals surface area contributed by atoms with Crippen LogP contribution in [-0.2, 0) is 4.79 Å². The third kappa shape index (κ3) is 3.36. The van der Waals surface area contributed by atoms with Gasteiger partial charge in [0.2, 0.25) is 0 Å². The highest BCUT2D eigenvalue weighted by molar-refractivity contribution is 6.07. The van der Waals surface area contributed by atoms with Crippen LogP contribution in [0.3, 0.4) is 0 Å². The molecule has 2 unspecified atom stereocenters. The first-order valence-corrected chi connectivity index (χ1v) is 9.19. The zero-order valence-electron chi connectivity index (χ0n) is 14.8. The molecule has 136 valence electrons. The van der Waals surface area contributed by atoms with Gasteiger partial charge in [-0.25, -0.2) is 4.98 Å². The van der Waals surface area contributed by atoms with E-state index in [0.717, 1.165) is 30.3 Å². The number of benzene rings is 1. The van der Waals surface area contributed by atoms with E-state index >= 15 is 0 Å². The topological polar surface area (TPSA) is 82.5 Å². The second kappa shape index (κ2) is 6.59. The molecule has 0 spiro atoms. The molecule has 4 rings (SSSR count). The van der Waals surface area contributed by atoms with Gasteiger partial charge in [0.15, 0.2) is 0 Å². The second-order valence-corrected chi connectivity index (χ2v) is 7.57. The molecule has 1 amide bonds. The van der Waals surface area contributed by atoms with Gasteiger partial charge in [-0.1, -0.05) is 25.1 Å². The molecular formula is C20H23N3O3. The SMILES string of the molecule is CC1CC(C(=O)O)CN(c2cc(C(=O)NC3CC3)c3ccccc3n2)C1. The lowest BCUT2D eigenvalue weighted by Gasteiger charge is -2.35. The highest BCUT2D eigenvalue weighted by Crippen LogP contribution is 2.29. The van der Waals surface area contributed by atoms with Crippen LogP contribution in [0.15, 0.2) is 30.3 Å². The molecule has 6 heteroatoms. The lowest BCUT2D eigenvalue weighted by Crippen LogP contribution is -2.43. The number of hydrogen-bond donors (Lipinski definition) is 2. The van der Waals surface area contributed by atoms with Gasteiger partial charge in [0, 0.05) is 24.5 Å². The van der Waals surface area contributed by atoms with Gasteiger partial charge in [-0.2, -0.15) is 0 Å². The van der Waals surface area contributed by atoms with Crippen LogP contribution in [0.5, 0.6) is 0 Å². The van der Waals surface area contributed by atoms with E-state index in [1.54, 1.807) is 0 Å². The van der Waals surface area contributed by atoms with E-state index in [9.17, 15) is 14.7 Å². The molecule has 0 bridgehead atoms. The molecule has 2 aliphatic rings. The zero-order chi connectivity index (χ0) is 18.3. The zero-order valence-corrected chi connectivity index (χ0v) is 14.8. The van der Waals surface area contributed by atoms with Crippen LogP contribution in [0.4, 0.5) is 5.82 Å².